The first-order chi connectivity index (χ1) is 11.1. The molecule has 1 fully saturated rings. The van der Waals surface area contributed by atoms with E-state index in [4.69, 9.17) is 4.74 Å². The van der Waals surface area contributed by atoms with Gasteiger partial charge in [0.25, 0.3) is 5.91 Å². The molecule has 6 nitrogen and oxygen atoms in total. The molecule has 0 spiro atoms. The minimum Gasteiger partial charge on any atom is -0.480 e. The summed E-state index contributed by atoms with van der Waals surface area (Å²) in [6.07, 6.45) is -0.221. The molecule has 2 atom stereocenters. The average molecular weight is 317 g/mol. The van der Waals surface area contributed by atoms with E-state index in [0.717, 1.165) is 5.56 Å². The van der Waals surface area contributed by atoms with Gasteiger partial charge in [-0.05, 0) is 30.2 Å². The Morgan fingerprint density at radius 3 is 2.61 bits per heavy atom. The van der Waals surface area contributed by atoms with Crippen molar-refractivity contribution in [3.8, 4) is 5.88 Å². The first kappa shape index (κ1) is 15.4. The number of aliphatic hydroxyl groups excluding tert-OH is 1. The smallest absolute Gasteiger partial charge is 0.274 e. The number of benzene rings is 1. The van der Waals surface area contributed by atoms with Gasteiger partial charge in [-0.3, -0.25) is 4.79 Å². The fourth-order valence-corrected chi connectivity index (χ4v) is 2.73. The Bertz CT molecular complexity index is 691. The molecule has 0 bridgehead atoms. The summed E-state index contributed by atoms with van der Waals surface area (Å²) in [6.45, 7) is 0.203. The Hall–Kier alpha value is -2.54. The van der Waals surface area contributed by atoms with Crippen molar-refractivity contribution in [2.75, 3.05) is 13.7 Å². The van der Waals surface area contributed by atoms with E-state index in [1.54, 1.807) is 18.2 Å². The number of hydrogen-bond acceptors (Lipinski definition) is 5. The second kappa shape index (κ2) is 6.29. The minimum atomic E-state index is -0.625. The van der Waals surface area contributed by atoms with Crippen LogP contribution in [0.2, 0.25) is 0 Å². The van der Waals surface area contributed by atoms with Crippen molar-refractivity contribution in [3.63, 3.8) is 0 Å². The van der Waals surface area contributed by atoms with E-state index in [-0.39, 0.29) is 30.0 Å². The monoisotopic (exact) mass is 317 g/mol. The zero-order valence-corrected chi connectivity index (χ0v) is 12.5. The third-order valence-corrected chi connectivity index (χ3v) is 3.86. The van der Waals surface area contributed by atoms with Crippen molar-refractivity contribution in [1.82, 2.24) is 15.1 Å². The van der Waals surface area contributed by atoms with E-state index in [0.29, 0.717) is 12.3 Å². The van der Waals surface area contributed by atoms with Gasteiger partial charge in [-0.1, -0.05) is 12.1 Å². The van der Waals surface area contributed by atoms with Crippen molar-refractivity contribution in [2.24, 2.45) is 0 Å². The second-order valence-corrected chi connectivity index (χ2v) is 5.38. The Balaban J connectivity index is 1.86. The summed E-state index contributed by atoms with van der Waals surface area (Å²) in [5, 5.41) is 17.6. The lowest BCUT2D eigenvalue weighted by atomic mass is 10.0. The number of nitrogens with zero attached hydrogens (tertiary/aromatic N) is 3. The van der Waals surface area contributed by atoms with Gasteiger partial charge in [0, 0.05) is 12.6 Å². The lowest BCUT2D eigenvalue weighted by molar-refractivity contribution is 0.0708. The molecule has 2 heterocycles. The van der Waals surface area contributed by atoms with Crippen molar-refractivity contribution in [1.29, 1.82) is 0 Å². The molecule has 1 aromatic carbocycles. The van der Waals surface area contributed by atoms with Crippen LogP contribution in [0.5, 0.6) is 5.88 Å². The Labute approximate surface area is 132 Å². The molecule has 2 aromatic rings. The summed E-state index contributed by atoms with van der Waals surface area (Å²) in [6, 6.07) is 8.70. The fourth-order valence-electron chi connectivity index (χ4n) is 2.73. The Morgan fingerprint density at radius 1 is 1.26 bits per heavy atom. The first-order valence-electron chi connectivity index (χ1n) is 7.20. The van der Waals surface area contributed by atoms with Crippen LogP contribution in [0.25, 0.3) is 0 Å². The van der Waals surface area contributed by atoms with E-state index in [9.17, 15) is 14.3 Å². The lowest BCUT2D eigenvalue weighted by Gasteiger charge is -2.24. The van der Waals surface area contributed by atoms with Gasteiger partial charge in [-0.2, -0.15) is 0 Å². The Kier molecular flexibility index (Phi) is 4.20. The maximum absolute atomic E-state index is 13.1. The zero-order valence-electron chi connectivity index (χ0n) is 12.5. The zero-order chi connectivity index (χ0) is 16.4. The molecule has 1 amide bonds. The number of β-amino-alcohol motifs (C(OH)–C–C–N with tert-alkyl or cyclic N) is 1. The minimum absolute atomic E-state index is 0.173. The molecule has 1 aromatic heterocycles. The van der Waals surface area contributed by atoms with Gasteiger partial charge in [-0.25, -0.2) is 4.39 Å². The molecular weight excluding hydrogens is 301 g/mol. The molecule has 0 unspecified atom stereocenters. The molecule has 1 N–H and O–H groups in total. The summed E-state index contributed by atoms with van der Waals surface area (Å²) in [4.78, 5) is 14.2. The van der Waals surface area contributed by atoms with Crippen LogP contribution in [0.3, 0.4) is 0 Å². The topological polar surface area (TPSA) is 75.5 Å². The van der Waals surface area contributed by atoms with Crippen LogP contribution < -0.4 is 4.74 Å². The van der Waals surface area contributed by atoms with Crippen LogP contribution in [0.1, 0.15) is 28.5 Å². The van der Waals surface area contributed by atoms with Crippen LogP contribution in [0.15, 0.2) is 36.4 Å². The Morgan fingerprint density at radius 2 is 2.00 bits per heavy atom. The van der Waals surface area contributed by atoms with Crippen molar-refractivity contribution >= 4 is 5.91 Å². The number of halogens is 1. The molecule has 0 saturated carbocycles. The van der Waals surface area contributed by atoms with Gasteiger partial charge in [0.05, 0.1) is 19.3 Å². The molecule has 3 rings (SSSR count). The highest BCUT2D eigenvalue weighted by atomic mass is 19.1. The van der Waals surface area contributed by atoms with Gasteiger partial charge in [0.15, 0.2) is 5.69 Å². The number of rotatable bonds is 3. The van der Waals surface area contributed by atoms with Crippen LogP contribution in [0, 0.1) is 5.82 Å². The standard InChI is InChI=1S/C16H16FN3O3/c1-23-15-7-6-13(18-19-15)16(22)20-9-12(21)8-14(20)10-2-4-11(17)5-3-10/h2-7,12,14,21H,8-9H2,1H3/t12-,14+/m1/s1. The predicted molar refractivity (Wildman–Crippen MR) is 79.4 cm³/mol. The van der Waals surface area contributed by atoms with Crippen LogP contribution >= 0.6 is 0 Å². The summed E-state index contributed by atoms with van der Waals surface area (Å²) < 4.78 is 18.0. The third-order valence-electron chi connectivity index (χ3n) is 3.86. The maximum Gasteiger partial charge on any atom is 0.274 e. The first-order valence-corrected chi connectivity index (χ1v) is 7.20. The molecular formula is C16H16FN3O3. The predicted octanol–water partition coefficient (Wildman–Crippen LogP) is 1.57. The van der Waals surface area contributed by atoms with E-state index >= 15 is 0 Å². The summed E-state index contributed by atoms with van der Waals surface area (Å²) in [7, 11) is 1.47. The largest absolute Gasteiger partial charge is 0.480 e. The number of ether oxygens (including phenoxy) is 1. The third kappa shape index (κ3) is 3.14. The van der Waals surface area contributed by atoms with Gasteiger partial charge in [-0.15, -0.1) is 10.2 Å². The maximum atomic E-state index is 13.1. The number of methoxy groups -OCH3 is 1. The average Bonchev–Trinajstić information content (AvgIpc) is 2.97. The number of carbonyl (C=O) groups excluding carboxylic acids is 1. The quantitative estimate of drug-likeness (QED) is 0.930. The van der Waals surface area contributed by atoms with Gasteiger partial charge in [0.2, 0.25) is 5.88 Å². The van der Waals surface area contributed by atoms with Crippen molar-refractivity contribution in [3.05, 3.63) is 53.5 Å². The van der Waals surface area contributed by atoms with Gasteiger partial charge in [0.1, 0.15) is 5.82 Å². The summed E-state index contributed by atoms with van der Waals surface area (Å²) in [5.74, 6) is -0.352. The lowest BCUT2D eigenvalue weighted by Crippen LogP contribution is -2.32. The number of aliphatic hydroxyl groups is 1. The normalized spacial score (nSPS) is 20.6. The van der Waals surface area contributed by atoms with Gasteiger partial charge < -0.3 is 14.7 Å². The van der Waals surface area contributed by atoms with E-state index < -0.39 is 6.10 Å². The van der Waals surface area contributed by atoms with Crippen molar-refractivity contribution in [2.45, 2.75) is 18.6 Å². The van der Waals surface area contributed by atoms with Gasteiger partial charge >= 0.3 is 0 Å². The van der Waals surface area contributed by atoms with Crippen LogP contribution in [-0.2, 0) is 0 Å². The number of likely N-dealkylation sites (tertiary alicyclic amines) is 1. The fraction of sp³-hybridized carbons (Fsp3) is 0.312. The SMILES string of the molecule is COc1ccc(C(=O)N2C[C@H](O)C[C@H]2c2ccc(F)cc2)nn1. The molecule has 23 heavy (non-hydrogen) atoms. The van der Waals surface area contributed by atoms with Crippen LogP contribution in [-0.4, -0.2) is 45.9 Å². The highest BCUT2D eigenvalue weighted by Crippen LogP contribution is 2.33. The van der Waals surface area contributed by atoms with E-state index in [2.05, 4.69) is 10.2 Å². The number of hydrogen-bond donors (Lipinski definition) is 1. The highest BCUT2D eigenvalue weighted by Gasteiger charge is 2.36. The second-order valence-electron chi connectivity index (χ2n) is 5.38. The highest BCUT2D eigenvalue weighted by molar-refractivity contribution is 5.92. The molecule has 1 aliphatic rings. The number of amides is 1. The summed E-state index contributed by atoms with van der Waals surface area (Å²) >= 11 is 0. The number of aromatic nitrogens is 2. The number of carbonyl (C=O) groups is 1. The van der Waals surface area contributed by atoms with E-state index in [1.807, 2.05) is 0 Å². The molecule has 120 valence electrons. The molecule has 1 aliphatic heterocycles. The summed E-state index contributed by atoms with van der Waals surface area (Å²) in [5.41, 5.74) is 0.949. The molecule has 0 radical (unpaired) electrons. The van der Waals surface area contributed by atoms with E-state index in [1.165, 1.54) is 30.2 Å². The van der Waals surface area contributed by atoms with Crippen molar-refractivity contribution < 1.29 is 19.0 Å². The molecule has 7 heteroatoms. The van der Waals surface area contributed by atoms with Crippen LogP contribution in [0.4, 0.5) is 4.39 Å². The molecule has 0 aliphatic carbocycles. The molecule has 1 saturated heterocycles.